The van der Waals surface area contributed by atoms with Crippen molar-refractivity contribution in [2.45, 2.75) is 205 Å². The Morgan fingerprint density at radius 1 is 0.458 bits per heavy atom. The zero-order valence-corrected chi connectivity index (χ0v) is 32.8. The molecule has 264 valence electrons. The molecule has 0 amide bonds. The van der Waals surface area contributed by atoms with E-state index in [1.165, 1.54) is 167 Å². The van der Waals surface area contributed by atoms with Crippen LogP contribution in [0.2, 0.25) is 0 Å². The second-order valence-electron chi connectivity index (χ2n) is 17.4. The molecule has 2 heteroatoms. The van der Waals surface area contributed by atoms with Gasteiger partial charge in [-0.2, -0.15) is 0 Å². The number of hydrogen-bond donors (Lipinski definition) is 0. The van der Waals surface area contributed by atoms with Crippen molar-refractivity contribution in [1.82, 2.24) is 0 Å². The van der Waals surface area contributed by atoms with Gasteiger partial charge in [-0.1, -0.05) is 190 Å². The normalized spacial score (nSPS) is 24.0. The largest absolute Gasteiger partial charge is 0.139 e. The first-order valence-corrected chi connectivity index (χ1v) is 21.7. The third kappa shape index (κ3) is 8.20. The van der Waals surface area contributed by atoms with E-state index in [9.17, 15) is 0 Å². The number of rotatable bonds is 22. The van der Waals surface area contributed by atoms with Gasteiger partial charge in [-0.3, -0.25) is 0 Å². The number of fused-ring (bicyclic) bond motifs is 3. The summed E-state index contributed by atoms with van der Waals surface area (Å²) in [6.07, 6.45) is 36.2. The minimum atomic E-state index is 0.345. The maximum Gasteiger partial charge on any atom is 0.139 e. The van der Waals surface area contributed by atoms with Gasteiger partial charge in [0.2, 0.25) is 0 Å². The smallest absolute Gasteiger partial charge is 0.0855 e. The Labute approximate surface area is 300 Å². The zero-order chi connectivity index (χ0) is 34.0. The van der Waals surface area contributed by atoms with Gasteiger partial charge in [0.05, 0.1) is 0 Å². The van der Waals surface area contributed by atoms with Gasteiger partial charge < -0.3 is 0 Å². The molecule has 0 bridgehead atoms. The predicted octanol–water partition coefficient (Wildman–Crippen LogP) is 11.1. The minimum Gasteiger partial charge on any atom is -0.0855 e. The summed E-state index contributed by atoms with van der Waals surface area (Å²) in [4.78, 5) is 0. The third-order valence-electron chi connectivity index (χ3n) is 13.8. The van der Waals surface area contributed by atoms with Crippen LogP contribution >= 0.6 is 0 Å². The standard InChI is InChI=1S/C46H74B2/c1-5-9-13-17-19-23-35-31-45-33-36(24-20-18-14-10-6-2)34-46(45,32-35)42-30-44(48)38(26-22-16-12-8-4)28-40(42)39-27-37(25-21-15-11-7-3)43(47)29-41(39)45/h27-30,35-36H,5-26,31-34,47-48H2,1-4H3/t35?,36?,45-,46+. The zero-order valence-electron chi connectivity index (χ0n) is 32.8. The van der Waals surface area contributed by atoms with Crippen molar-refractivity contribution in [3.05, 3.63) is 46.5 Å². The Balaban J connectivity index is 1.56. The molecule has 0 aromatic heterocycles. The minimum absolute atomic E-state index is 0.345. The van der Waals surface area contributed by atoms with Gasteiger partial charge in [0.15, 0.2) is 0 Å². The van der Waals surface area contributed by atoms with Crippen molar-refractivity contribution in [2.24, 2.45) is 11.8 Å². The van der Waals surface area contributed by atoms with Gasteiger partial charge >= 0.3 is 0 Å². The molecule has 0 radical (unpaired) electrons. The second kappa shape index (κ2) is 18.2. The quantitative estimate of drug-likeness (QED) is 0.0880. The van der Waals surface area contributed by atoms with Crippen molar-refractivity contribution in [2.75, 3.05) is 0 Å². The highest BCUT2D eigenvalue weighted by Gasteiger charge is 2.66. The number of hydrogen-bond acceptors (Lipinski definition) is 0. The number of benzene rings is 2. The highest BCUT2D eigenvalue weighted by atomic mass is 14.7. The molecule has 2 saturated carbocycles. The van der Waals surface area contributed by atoms with E-state index in [0.717, 1.165) is 11.8 Å². The average Bonchev–Trinajstić information content (AvgIpc) is 3.57. The molecule has 0 spiro atoms. The number of aryl methyl sites for hydroxylation is 2. The Morgan fingerprint density at radius 3 is 1.15 bits per heavy atom. The predicted molar refractivity (Wildman–Crippen MR) is 219 cm³/mol. The summed E-state index contributed by atoms with van der Waals surface area (Å²) in [6.45, 7) is 9.39. The van der Waals surface area contributed by atoms with E-state index in [-0.39, 0.29) is 0 Å². The molecule has 5 rings (SSSR count). The first-order valence-electron chi connectivity index (χ1n) is 21.7. The molecule has 48 heavy (non-hydrogen) atoms. The molecular weight excluding hydrogens is 574 g/mol. The van der Waals surface area contributed by atoms with Crippen LogP contribution in [0.4, 0.5) is 0 Å². The molecule has 0 saturated heterocycles. The van der Waals surface area contributed by atoms with E-state index in [1.807, 2.05) is 0 Å². The summed E-state index contributed by atoms with van der Waals surface area (Å²) in [5.74, 6) is 1.78. The summed E-state index contributed by atoms with van der Waals surface area (Å²) in [5.41, 5.74) is 14.1. The van der Waals surface area contributed by atoms with Crippen LogP contribution in [0.25, 0.3) is 11.1 Å². The van der Waals surface area contributed by atoms with E-state index >= 15 is 0 Å². The molecule has 0 aliphatic heterocycles. The first kappa shape index (κ1) is 37.8. The third-order valence-corrected chi connectivity index (χ3v) is 13.8. The molecule has 0 heterocycles. The molecule has 2 aromatic carbocycles. The van der Waals surface area contributed by atoms with Crippen LogP contribution in [0, 0.1) is 11.8 Å². The SMILES string of the molecule is Bc1cc2c(cc1CCCCCC)-c1cc(CCCCCC)c(B)cc1[C@]13CC(CCCCCCC)C[C@]21CC(CCCCCCC)C3. The molecule has 0 atom stereocenters. The fraction of sp³-hybridized carbons (Fsp3) is 0.739. The topological polar surface area (TPSA) is 0 Å². The van der Waals surface area contributed by atoms with Crippen molar-refractivity contribution in [1.29, 1.82) is 0 Å². The van der Waals surface area contributed by atoms with Gasteiger partial charge in [0.1, 0.15) is 15.7 Å². The molecule has 2 aromatic rings. The van der Waals surface area contributed by atoms with Crippen molar-refractivity contribution >= 4 is 26.6 Å². The van der Waals surface area contributed by atoms with Crippen LogP contribution in [0.5, 0.6) is 0 Å². The van der Waals surface area contributed by atoms with Crippen LogP contribution in [0.3, 0.4) is 0 Å². The van der Waals surface area contributed by atoms with Gasteiger partial charge in [-0.05, 0) is 85.5 Å². The van der Waals surface area contributed by atoms with Crippen LogP contribution in [0.15, 0.2) is 24.3 Å². The summed E-state index contributed by atoms with van der Waals surface area (Å²) >= 11 is 0. The molecule has 2 fully saturated rings. The lowest BCUT2D eigenvalue weighted by molar-refractivity contribution is 0.299. The monoisotopic (exact) mass is 649 g/mol. The lowest BCUT2D eigenvalue weighted by Crippen LogP contribution is -2.45. The maximum absolute atomic E-state index is 2.79. The fourth-order valence-electron chi connectivity index (χ4n) is 11.3. The van der Waals surface area contributed by atoms with Crippen molar-refractivity contribution in [3.8, 4) is 11.1 Å². The fourth-order valence-corrected chi connectivity index (χ4v) is 11.3. The van der Waals surface area contributed by atoms with E-state index in [1.54, 1.807) is 44.3 Å². The average molecular weight is 649 g/mol. The second-order valence-corrected chi connectivity index (χ2v) is 17.4. The van der Waals surface area contributed by atoms with E-state index in [4.69, 9.17) is 0 Å². The van der Waals surface area contributed by atoms with Gasteiger partial charge in [0.25, 0.3) is 0 Å². The van der Waals surface area contributed by atoms with Crippen molar-refractivity contribution < 1.29 is 0 Å². The van der Waals surface area contributed by atoms with E-state index < -0.39 is 0 Å². The molecule has 3 aliphatic rings. The summed E-state index contributed by atoms with van der Waals surface area (Å²) < 4.78 is 0. The molecule has 0 N–H and O–H groups in total. The Hall–Kier alpha value is -1.43. The highest BCUT2D eigenvalue weighted by molar-refractivity contribution is 6.34. The van der Waals surface area contributed by atoms with Crippen molar-refractivity contribution in [3.63, 3.8) is 0 Å². The Morgan fingerprint density at radius 2 is 0.792 bits per heavy atom. The van der Waals surface area contributed by atoms with Gasteiger partial charge in [-0.25, -0.2) is 0 Å². The number of unbranched alkanes of at least 4 members (excludes halogenated alkanes) is 14. The Bertz CT molecular complexity index is 1180. The van der Waals surface area contributed by atoms with Crippen LogP contribution in [-0.2, 0) is 23.7 Å². The van der Waals surface area contributed by atoms with Crippen LogP contribution in [-0.4, -0.2) is 15.7 Å². The molecule has 0 unspecified atom stereocenters. The van der Waals surface area contributed by atoms with E-state index in [0.29, 0.717) is 10.8 Å². The summed E-state index contributed by atoms with van der Waals surface area (Å²) in [6, 6.07) is 11.1. The van der Waals surface area contributed by atoms with E-state index in [2.05, 4.69) is 67.7 Å². The highest BCUT2D eigenvalue weighted by Crippen LogP contribution is 2.72. The summed E-state index contributed by atoms with van der Waals surface area (Å²) in [5, 5.41) is 0. The lowest BCUT2D eigenvalue weighted by atomic mass is 9.54. The van der Waals surface area contributed by atoms with Gasteiger partial charge in [0, 0.05) is 10.8 Å². The lowest BCUT2D eigenvalue weighted by Gasteiger charge is -2.48. The first-order chi connectivity index (χ1) is 23.4. The molecular formula is C46H74B2. The maximum atomic E-state index is 2.79. The van der Waals surface area contributed by atoms with Gasteiger partial charge in [-0.15, -0.1) is 0 Å². The summed E-state index contributed by atoms with van der Waals surface area (Å²) in [7, 11) is 4.94. The van der Waals surface area contributed by atoms with Crippen LogP contribution in [0.1, 0.15) is 204 Å². The Kier molecular flexibility index (Phi) is 14.3. The van der Waals surface area contributed by atoms with Crippen LogP contribution < -0.4 is 10.9 Å². The molecule has 0 nitrogen and oxygen atoms in total. The molecule has 3 aliphatic carbocycles.